The van der Waals surface area contributed by atoms with Gasteiger partial charge in [0.15, 0.2) is 0 Å². The lowest BCUT2D eigenvalue weighted by Crippen LogP contribution is -2.31. The van der Waals surface area contributed by atoms with Crippen molar-refractivity contribution in [3.63, 3.8) is 0 Å². The van der Waals surface area contributed by atoms with E-state index in [4.69, 9.17) is 4.98 Å². The first-order valence-electron chi connectivity index (χ1n) is 8.17. The number of nitrogens with zero attached hydrogens (tertiary/aromatic N) is 3. The number of aromatic nitrogens is 2. The van der Waals surface area contributed by atoms with Crippen molar-refractivity contribution in [3.05, 3.63) is 65.5 Å². The Morgan fingerprint density at radius 3 is 2.88 bits per heavy atom. The molecule has 0 amide bonds. The lowest BCUT2D eigenvalue weighted by atomic mass is 10.0. The summed E-state index contributed by atoms with van der Waals surface area (Å²) in [4.78, 5) is 11.3. The van der Waals surface area contributed by atoms with E-state index < -0.39 is 6.61 Å². The molecule has 2 aromatic heterocycles. The van der Waals surface area contributed by atoms with Gasteiger partial charge < -0.3 is 4.74 Å². The summed E-state index contributed by atoms with van der Waals surface area (Å²) in [5.41, 5.74) is 4.78. The Kier molecular flexibility index (Phi) is 4.28. The Morgan fingerprint density at radius 1 is 1.12 bits per heavy atom. The molecule has 128 valence electrons. The van der Waals surface area contributed by atoms with E-state index in [9.17, 15) is 8.78 Å². The molecule has 0 bridgehead atoms. The van der Waals surface area contributed by atoms with Crippen molar-refractivity contribution < 1.29 is 13.5 Å². The third-order valence-corrected chi connectivity index (χ3v) is 4.39. The summed E-state index contributed by atoms with van der Waals surface area (Å²) in [6.45, 7) is -0.709. The fraction of sp³-hybridized carbons (Fsp3) is 0.263. The van der Waals surface area contributed by atoms with Gasteiger partial charge in [-0.25, -0.2) is 0 Å². The summed E-state index contributed by atoms with van der Waals surface area (Å²) < 4.78 is 29.8. The van der Waals surface area contributed by atoms with E-state index in [1.807, 2.05) is 24.3 Å². The van der Waals surface area contributed by atoms with Crippen LogP contribution >= 0.6 is 0 Å². The summed E-state index contributed by atoms with van der Waals surface area (Å²) >= 11 is 0. The minimum Gasteiger partial charge on any atom is -0.434 e. The van der Waals surface area contributed by atoms with Crippen molar-refractivity contribution >= 4 is 11.0 Å². The highest BCUT2D eigenvalue weighted by molar-refractivity contribution is 5.74. The zero-order chi connectivity index (χ0) is 17.2. The molecular weight excluding hydrogens is 324 g/mol. The monoisotopic (exact) mass is 341 g/mol. The zero-order valence-electron chi connectivity index (χ0n) is 13.5. The highest BCUT2D eigenvalue weighted by Gasteiger charge is 2.20. The standard InChI is InChI=1S/C19H17F2N3O/c20-19(21)25-18-6-2-1-4-13(18)11-24-9-7-15-14(12-24)10-17-16(23-15)5-3-8-22-17/h1-6,8,10,19H,7,9,11-12H2. The number of halogens is 2. The van der Waals surface area contributed by atoms with Gasteiger partial charge >= 0.3 is 6.61 Å². The van der Waals surface area contributed by atoms with Gasteiger partial charge in [-0.3, -0.25) is 14.9 Å². The SMILES string of the molecule is FC(F)Oc1ccccc1CN1CCc2nc3cccnc3cc2C1. The molecule has 3 aromatic rings. The van der Waals surface area contributed by atoms with E-state index in [0.29, 0.717) is 6.54 Å². The number of fused-ring (bicyclic) bond motifs is 2. The molecule has 1 aliphatic rings. The number of ether oxygens (including phenoxy) is 1. The number of benzene rings is 1. The predicted molar refractivity (Wildman–Crippen MR) is 90.4 cm³/mol. The first kappa shape index (κ1) is 15.9. The molecular formula is C19H17F2N3O. The second-order valence-corrected chi connectivity index (χ2v) is 6.08. The van der Waals surface area contributed by atoms with Gasteiger partial charge in [-0.15, -0.1) is 0 Å². The molecule has 3 heterocycles. The van der Waals surface area contributed by atoms with Gasteiger partial charge in [-0.05, 0) is 29.8 Å². The van der Waals surface area contributed by atoms with Crippen LogP contribution in [0, 0.1) is 0 Å². The first-order chi connectivity index (χ1) is 12.2. The van der Waals surface area contributed by atoms with Crippen molar-refractivity contribution in [2.75, 3.05) is 6.54 Å². The van der Waals surface area contributed by atoms with E-state index in [2.05, 4.69) is 20.7 Å². The molecule has 0 atom stereocenters. The molecule has 0 spiro atoms. The molecule has 1 aliphatic heterocycles. The lowest BCUT2D eigenvalue weighted by Gasteiger charge is -2.28. The van der Waals surface area contributed by atoms with Crippen LogP contribution in [0.15, 0.2) is 48.7 Å². The average molecular weight is 341 g/mol. The van der Waals surface area contributed by atoms with E-state index in [1.54, 1.807) is 18.3 Å². The number of hydrogen-bond acceptors (Lipinski definition) is 4. The Labute approximate surface area is 144 Å². The van der Waals surface area contributed by atoms with Gasteiger partial charge in [-0.2, -0.15) is 8.78 Å². The molecule has 4 nitrogen and oxygen atoms in total. The van der Waals surface area contributed by atoms with E-state index in [1.165, 1.54) is 0 Å². The highest BCUT2D eigenvalue weighted by Crippen LogP contribution is 2.26. The smallest absolute Gasteiger partial charge is 0.387 e. The van der Waals surface area contributed by atoms with Gasteiger partial charge in [-0.1, -0.05) is 18.2 Å². The third kappa shape index (κ3) is 3.44. The number of pyridine rings is 2. The number of rotatable bonds is 4. The molecule has 0 saturated heterocycles. The zero-order valence-corrected chi connectivity index (χ0v) is 13.5. The number of alkyl halides is 2. The van der Waals surface area contributed by atoms with Crippen LogP contribution in [-0.2, 0) is 19.5 Å². The van der Waals surface area contributed by atoms with Crippen LogP contribution in [0.25, 0.3) is 11.0 Å². The number of hydrogen-bond donors (Lipinski definition) is 0. The molecule has 1 aromatic carbocycles. The molecule has 0 fully saturated rings. The topological polar surface area (TPSA) is 38.2 Å². The third-order valence-electron chi connectivity index (χ3n) is 4.39. The summed E-state index contributed by atoms with van der Waals surface area (Å²) in [7, 11) is 0. The van der Waals surface area contributed by atoms with Crippen LogP contribution in [0.4, 0.5) is 8.78 Å². The Balaban J connectivity index is 1.56. The Bertz CT molecular complexity index is 901. The minimum absolute atomic E-state index is 0.238. The molecule has 4 rings (SSSR count). The second kappa shape index (κ2) is 6.72. The van der Waals surface area contributed by atoms with Gasteiger partial charge in [0.05, 0.1) is 11.0 Å². The molecule has 6 heteroatoms. The van der Waals surface area contributed by atoms with E-state index >= 15 is 0 Å². The summed E-state index contributed by atoms with van der Waals surface area (Å²) in [5, 5.41) is 0. The summed E-state index contributed by atoms with van der Waals surface area (Å²) in [6, 6.07) is 12.9. The van der Waals surface area contributed by atoms with Crippen LogP contribution in [0.3, 0.4) is 0 Å². The average Bonchev–Trinajstić information content (AvgIpc) is 2.61. The quantitative estimate of drug-likeness (QED) is 0.724. The summed E-state index contributed by atoms with van der Waals surface area (Å²) in [5.74, 6) is 0.238. The molecule has 0 aliphatic carbocycles. The van der Waals surface area contributed by atoms with Crippen molar-refractivity contribution in [2.45, 2.75) is 26.1 Å². The largest absolute Gasteiger partial charge is 0.434 e. The fourth-order valence-electron chi connectivity index (χ4n) is 3.24. The van der Waals surface area contributed by atoms with Crippen molar-refractivity contribution in [1.82, 2.24) is 14.9 Å². The molecule has 0 N–H and O–H groups in total. The van der Waals surface area contributed by atoms with E-state index in [-0.39, 0.29) is 5.75 Å². The first-order valence-corrected chi connectivity index (χ1v) is 8.17. The summed E-state index contributed by atoms with van der Waals surface area (Å²) in [6.07, 6.45) is 2.59. The van der Waals surface area contributed by atoms with Crippen LogP contribution < -0.4 is 4.74 Å². The van der Waals surface area contributed by atoms with Gasteiger partial charge in [0, 0.05) is 43.5 Å². The molecule has 0 saturated carbocycles. The lowest BCUT2D eigenvalue weighted by molar-refractivity contribution is -0.0508. The van der Waals surface area contributed by atoms with Gasteiger partial charge in [0.1, 0.15) is 5.75 Å². The maximum atomic E-state index is 12.6. The maximum Gasteiger partial charge on any atom is 0.387 e. The molecule has 0 radical (unpaired) electrons. The van der Waals surface area contributed by atoms with Crippen LogP contribution in [0.2, 0.25) is 0 Å². The normalized spacial score (nSPS) is 14.7. The van der Waals surface area contributed by atoms with Crippen LogP contribution in [0.1, 0.15) is 16.8 Å². The van der Waals surface area contributed by atoms with Crippen molar-refractivity contribution in [3.8, 4) is 5.75 Å². The highest BCUT2D eigenvalue weighted by atomic mass is 19.3. The predicted octanol–water partition coefficient (Wildman–Crippen LogP) is 3.79. The Morgan fingerprint density at radius 2 is 2.00 bits per heavy atom. The molecule has 25 heavy (non-hydrogen) atoms. The second-order valence-electron chi connectivity index (χ2n) is 6.08. The Hall–Kier alpha value is -2.60. The molecule has 0 unspecified atom stereocenters. The minimum atomic E-state index is -2.81. The fourth-order valence-corrected chi connectivity index (χ4v) is 3.24. The van der Waals surface area contributed by atoms with Crippen LogP contribution in [0.5, 0.6) is 5.75 Å². The van der Waals surface area contributed by atoms with Crippen molar-refractivity contribution in [2.24, 2.45) is 0 Å². The van der Waals surface area contributed by atoms with E-state index in [0.717, 1.165) is 47.4 Å². The maximum absolute atomic E-state index is 12.6. The van der Waals surface area contributed by atoms with Gasteiger partial charge in [0.2, 0.25) is 0 Å². The van der Waals surface area contributed by atoms with Gasteiger partial charge in [0.25, 0.3) is 0 Å². The number of para-hydroxylation sites is 1. The van der Waals surface area contributed by atoms with Crippen LogP contribution in [-0.4, -0.2) is 28.0 Å². The van der Waals surface area contributed by atoms with Crippen molar-refractivity contribution in [1.29, 1.82) is 0 Å².